The van der Waals surface area contributed by atoms with Gasteiger partial charge in [0.25, 0.3) is 0 Å². The van der Waals surface area contributed by atoms with Crippen LogP contribution in [-0.4, -0.2) is 15.0 Å². The van der Waals surface area contributed by atoms with Gasteiger partial charge in [0.1, 0.15) is 11.7 Å². The van der Waals surface area contributed by atoms with Gasteiger partial charge in [-0.3, -0.25) is 4.98 Å². The normalized spacial score (nSPS) is 12.0. The van der Waals surface area contributed by atoms with Crippen LogP contribution in [0.1, 0.15) is 24.1 Å². The van der Waals surface area contributed by atoms with E-state index in [1.54, 1.807) is 6.20 Å². The van der Waals surface area contributed by atoms with Crippen LogP contribution in [0.4, 0.5) is 5.69 Å². The van der Waals surface area contributed by atoms with Crippen molar-refractivity contribution in [3.05, 3.63) is 90.4 Å². The van der Waals surface area contributed by atoms with Crippen LogP contribution < -0.4 is 5.32 Å². The smallest absolute Gasteiger partial charge is 0.137 e. The predicted molar refractivity (Wildman–Crippen MR) is 120 cm³/mol. The Morgan fingerprint density at radius 3 is 2.67 bits per heavy atom. The van der Waals surface area contributed by atoms with Crippen LogP contribution in [-0.2, 0) is 0 Å². The van der Waals surface area contributed by atoms with Gasteiger partial charge in [0.2, 0.25) is 0 Å². The standard InChI is InChI=1S/C25H19N5/c1-16(17-5-3-2-4-6-17)30-24-21(13-26)15-28-23-8-7-18(12-22(23)24)20-11-19-9-10-27-25(19)29-14-20/h2-12,14-16H,1H3,(H,27,29)(H,28,30). The molecule has 144 valence electrons. The van der Waals surface area contributed by atoms with E-state index in [0.29, 0.717) is 5.56 Å². The van der Waals surface area contributed by atoms with Gasteiger partial charge >= 0.3 is 0 Å². The summed E-state index contributed by atoms with van der Waals surface area (Å²) < 4.78 is 0. The Morgan fingerprint density at radius 1 is 0.967 bits per heavy atom. The van der Waals surface area contributed by atoms with Crippen LogP contribution in [0.3, 0.4) is 0 Å². The Morgan fingerprint density at radius 2 is 1.83 bits per heavy atom. The molecule has 0 saturated heterocycles. The molecule has 0 bridgehead atoms. The topological polar surface area (TPSA) is 77.4 Å². The van der Waals surface area contributed by atoms with Crippen molar-refractivity contribution in [2.24, 2.45) is 0 Å². The summed E-state index contributed by atoms with van der Waals surface area (Å²) in [6.07, 6.45) is 5.38. The van der Waals surface area contributed by atoms with Gasteiger partial charge in [0.15, 0.2) is 0 Å². The molecule has 5 aromatic rings. The van der Waals surface area contributed by atoms with Crippen molar-refractivity contribution in [2.45, 2.75) is 13.0 Å². The van der Waals surface area contributed by atoms with Crippen molar-refractivity contribution >= 4 is 27.6 Å². The summed E-state index contributed by atoms with van der Waals surface area (Å²) in [5.41, 5.74) is 6.25. The van der Waals surface area contributed by atoms with Crippen LogP contribution in [0.15, 0.2) is 79.3 Å². The zero-order chi connectivity index (χ0) is 20.5. The van der Waals surface area contributed by atoms with Gasteiger partial charge in [-0.2, -0.15) is 5.26 Å². The molecule has 0 aliphatic heterocycles. The lowest BCUT2D eigenvalue weighted by Crippen LogP contribution is -2.08. The maximum atomic E-state index is 9.70. The molecule has 0 spiro atoms. The Balaban J connectivity index is 1.63. The van der Waals surface area contributed by atoms with E-state index in [9.17, 15) is 5.26 Å². The van der Waals surface area contributed by atoms with Crippen LogP contribution in [0, 0.1) is 11.3 Å². The van der Waals surface area contributed by atoms with Crippen molar-refractivity contribution in [2.75, 3.05) is 5.32 Å². The van der Waals surface area contributed by atoms with E-state index in [1.807, 2.05) is 48.8 Å². The molecule has 0 amide bonds. The average Bonchev–Trinajstić information content (AvgIpc) is 3.27. The quantitative estimate of drug-likeness (QED) is 0.406. The number of pyridine rings is 2. The molecule has 0 aliphatic carbocycles. The number of aromatic nitrogens is 3. The SMILES string of the molecule is CC(Nc1c(C#N)cnc2ccc(-c3cnc4[nH]ccc4c3)cc12)c1ccccc1. The number of fused-ring (bicyclic) bond motifs is 2. The first-order valence-electron chi connectivity index (χ1n) is 9.81. The third-order valence-corrected chi connectivity index (χ3v) is 5.38. The van der Waals surface area contributed by atoms with Gasteiger partial charge in [-0.1, -0.05) is 36.4 Å². The summed E-state index contributed by atoms with van der Waals surface area (Å²) in [5, 5.41) is 15.2. The summed E-state index contributed by atoms with van der Waals surface area (Å²) in [6, 6.07) is 22.8. The van der Waals surface area contributed by atoms with Crippen molar-refractivity contribution in [3.8, 4) is 17.2 Å². The zero-order valence-corrected chi connectivity index (χ0v) is 16.4. The van der Waals surface area contributed by atoms with E-state index in [4.69, 9.17) is 0 Å². The van der Waals surface area contributed by atoms with E-state index in [1.165, 1.54) is 0 Å². The highest BCUT2D eigenvalue weighted by atomic mass is 14.9. The number of nitriles is 1. The number of benzene rings is 2. The van der Waals surface area contributed by atoms with Crippen molar-refractivity contribution in [3.63, 3.8) is 0 Å². The molecule has 2 N–H and O–H groups in total. The highest BCUT2D eigenvalue weighted by Gasteiger charge is 2.14. The summed E-state index contributed by atoms with van der Waals surface area (Å²) >= 11 is 0. The summed E-state index contributed by atoms with van der Waals surface area (Å²) in [6.45, 7) is 2.09. The van der Waals surface area contributed by atoms with Crippen LogP contribution in [0.25, 0.3) is 33.1 Å². The second-order valence-corrected chi connectivity index (χ2v) is 7.31. The molecule has 3 aromatic heterocycles. The molecule has 0 saturated carbocycles. The molecule has 0 aliphatic rings. The van der Waals surface area contributed by atoms with Crippen molar-refractivity contribution in [1.82, 2.24) is 15.0 Å². The maximum Gasteiger partial charge on any atom is 0.137 e. The first-order valence-corrected chi connectivity index (χ1v) is 9.81. The van der Waals surface area contributed by atoms with Gasteiger partial charge in [-0.15, -0.1) is 0 Å². The lowest BCUT2D eigenvalue weighted by molar-refractivity contribution is 0.885. The molecule has 3 heterocycles. The first-order chi connectivity index (χ1) is 14.7. The number of hydrogen-bond donors (Lipinski definition) is 2. The average molecular weight is 389 g/mol. The van der Waals surface area contributed by atoms with Crippen molar-refractivity contribution < 1.29 is 0 Å². The van der Waals surface area contributed by atoms with Gasteiger partial charge in [-0.25, -0.2) is 4.98 Å². The molecule has 5 nitrogen and oxygen atoms in total. The van der Waals surface area contributed by atoms with E-state index < -0.39 is 0 Å². The fourth-order valence-corrected chi connectivity index (χ4v) is 3.75. The summed E-state index contributed by atoms with van der Waals surface area (Å²) in [4.78, 5) is 12.1. The highest BCUT2D eigenvalue weighted by molar-refractivity contribution is 5.97. The van der Waals surface area contributed by atoms with Crippen molar-refractivity contribution in [1.29, 1.82) is 5.26 Å². The Labute approximate surface area is 174 Å². The van der Waals surface area contributed by atoms with E-state index in [-0.39, 0.29) is 6.04 Å². The monoisotopic (exact) mass is 389 g/mol. The summed E-state index contributed by atoms with van der Waals surface area (Å²) in [5.74, 6) is 0. The third kappa shape index (κ3) is 3.15. The Bertz CT molecular complexity index is 1400. The molecule has 5 heteroatoms. The molecule has 5 rings (SSSR count). The minimum absolute atomic E-state index is 0.0467. The van der Waals surface area contributed by atoms with Crippen LogP contribution in [0.2, 0.25) is 0 Å². The second-order valence-electron chi connectivity index (χ2n) is 7.31. The van der Waals surface area contributed by atoms with Gasteiger partial charge in [-0.05, 0) is 42.3 Å². The van der Waals surface area contributed by atoms with E-state index in [2.05, 4.69) is 57.5 Å². The van der Waals surface area contributed by atoms with Crippen LogP contribution in [0.5, 0.6) is 0 Å². The third-order valence-electron chi connectivity index (χ3n) is 5.38. The van der Waals surface area contributed by atoms with Gasteiger partial charge < -0.3 is 10.3 Å². The number of anilines is 1. The van der Waals surface area contributed by atoms with E-state index >= 15 is 0 Å². The molecule has 0 fully saturated rings. The molecular weight excluding hydrogens is 370 g/mol. The minimum atomic E-state index is 0.0467. The fraction of sp³-hybridized carbons (Fsp3) is 0.0800. The number of rotatable bonds is 4. The number of hydrogen-bond acceptors (Lipinski definition) is 4. The number of H-pyrrole nitrogens is 1. The number of nitrogens with zero attached hydrogens (tertiary/aromatic N) is 3. The van der Waals surface area contributed by atoms with E-state index in [0.717, 1.165) is 44.3 Å². The fourth-order valence-electron chi connectivity index (χ4n) is 3.75. The molecule has 2 aromatic carbocycles. The minimum Gasteiger partial charge on any atom is -0.377 e. The highest BCUT2D eigenvalue weighted by Crippen LogP contribution is 2.33. The van der Waals surface area contributed by atoms with Crippen LogP contribution >= 0.6 is 0 Å². The predicted octanol–water partition coefficient (Wildman–Crippen LogP) is 5.82. The lowest BCUT2D eigenvalue weighted by atomic mass is 10.0. The first kappa shape index (κ1) is 17.9. The Hall–Kier alpha value is -4.17. The number of aromatic amines is 1. The van der Waals surface area contributed by atoms with Gasteiger partial charge in [0.05, 0.1) is 16.8 Å². The molecule has 30 heavy (non-hydrogen) atoms. The zero-order valence-electron chi connectivity index (χ0n) is 16.4. The second kappa shape index (κ2) is 7.34. The molecule has 0 radical (unpaired) electrons. The summed E-state index contributed by atoms with van der Waals surface area (Å²) in [7, 11) is 0. The molecular formula is C25H19N5. The molecule has 1 atom stereocenters. The maximum absolute atomic E-state index is 9.70. The largest absolute Gasteiger partial charge is 0.377 e. The Kier molecular flexibility index (Phi) is 4.38. The molecule has 1 unspecified atom stereocenters. The number of nitrogens with one attached hydrogen (secondary N) is 2. The van der Waals surface area contributed by atoms with Gasteiger partial charge in [0, 0.05) is 41.0 Å². The lowest BCUT2D eigenvalue weighted by Gasteiger charge is -2.18.